The first-order valence-electron chi connectivity index (χ1n) is 7.84. The number of rotatable bonds is 5. The zero-order valence-electron chi connectivity index (χ0n) is 13.6. The predicted octanol–water partition coefficient (Wildman–Crippen LogP) is 1.57. The topological polar surface area (TPSA) is 79.0 Å². The summed E-state index contributed by atoms with van der Waals surface area (Å²) in [6.07, 6.45) is -0.0221. The van der Waals surface area contributed by atoms with Crippen molar-refractivity contribution in [3.8, 4) is 0 Å². The standard InChI is InChI=1S/C16H17F2N3O4/c1-16(10-3-4-11(17)12(18)9-10)13(22)21(14(23)19-16)6-2-5-20-7-8-25-15(20)24/h3-4,9H,2,5-8H2,1H3,(H,19,23)/t16-/m1/s1. The molecule has 4 amide bonds. The third-order valence-corrected chi connectivity index (χ3v) is 4.43. The highest BCUT2D eigenvalue weighted by Gasteiger charge is 2.49. The highest BCUT2D eigenvalue weighted by atomic mass is 19.2. The number of cyclic esters (lactones) is 1. The van der Waals surface area contributed by atoms with E-state index in [1.807, 2.05) is 0 Å². The molecule has 2 heterocycles. The van der Waals surface area contributed by atoms with Crippen LogP contribution in [0.2, 0.25) is 0 Å². The number of urea groups is 1. The van der Waals surface area contributed by atoms with Gasteiger partial charge in [0, 0.05) is 13.1 Å². The molecule has 9 heteroatoms. The van der Waals surface area contributed by atoms with Crippen LogP contribution in [0.3, 0.4) is 0 Å². The minimum absolute atomic E-state index is 0.105. The molecular formula is C16H17F2N3O4. The van der Waals surface area contributed by atoms with Crippen LogP contribution in [-0.4, -0.2) is 54.1 Å². The third-order valence-electron chi connectivity index (χ3n) is 4.43. The number of carbonyl (C=O) groups excluding carboxylic acids is 3. The number of hydrogen-bond donors (Lipinski definition) is 1. The number of nitrogens with one attached hydrogen (secondary N) is 1. The van der Waals surface area contributed by atoms with Gasteiger partial charge in [-0.3, -0.25) is 9.69 Å². The van der Waals surface area contributed by atoms with Gasteiger partial charge in [-0.05, 0) is 31.0 Å². The summed E-state index contributed by atoms with van der Waals surface area (Å²) in [5.74, 6) is -2.67. The van der Waals surface area contributed by atoms with Gasteiger partial charge < -0.3 is 15.0 Å². The van der Waals surface area contributed by atoms with Crippen LogP contribution in [0.5, 0.6) is 0 Å². The van der Waals surface area contributed by atoms with Crippen LogP contribution in [0, 0.1) is 11.6 Å². The summed E-state index contributed by atoms with van der Waals surface area (Å²) in [6, 6.07) is 2.47. The Kier molecular flexibility index (Phi) is 4.32. The second-order valence-corrected chi connectivity index (χ2v) is 6.10. The monoisotopic (exact) mass is 353 g/mol. The van der Waals surface area contributed by atoms with Gasteiger partial charge in [0.1, 0.15) is 12.1 Å². The molecule has 3 rings (SSSR count). The van der Waals surface area contributed by atoms with E-state index in [9.17, 15) is 23.2 Å². The lowest BCUT2D eigenvalue weighted by Gasteiger charge is -2.22. The molecule has 2 fully saturated rings. The summed E-state index contributed by atoms with van der Waals surface area (Å²) in [5, 5.41) is 2.52. The number of nitrogens with zero attached hydrogens (tertiary/aromatic N) is 2. The lowest BCUT2D eigenvalue weighted by molar-refractivity contribution is -0.131. The van der Waals surface area contributed by atoms with Crippen molar-refractivity contribution in [3.05, 3.63) is 35.4 Å². The van der Waals surface area contributed by atoms with Crippen LogP contribution in [0.25, 0.3) is 0 Å². The third kappa shape index (κ3) is 3.01. The maximum absolute atomic E-state index is 13.5. The van der Waals surface area contributed by atoms with Crippen molar-refractivity contribution in [2.24, 2.45) is 0 Å². The average Bonchev–Trinajstić information content (AvgIpc) is 3.06. The summed E-state index contributed by atoms with van der Waals surface area (Å²) >= 11 is 0. The first kappa shape index (κ1) is 17.1. The van der Waals surface area contributed by atoms with Crippen molar-refractivity contribution in [1.29, 1.82) is 0 Å². The SMILES string of the molecule is C[C@]1(c2ccc(F)c(F)c2)NC(=O)N(CCCN2CCOC2=O)C1=O. The Hall–Kier alpha value is -2.71. The zero-order valence-corrected chi connectivity index (χ0v) is 13.6. The molecule has 2 aliphatic heterocycles. The molecule has 1 aromatic rings. The van der Waals surface area contributed by atoms with Gasteiger partial charge in [0.05, 0.1) is 6.54 Å². The molecule has 1 N–H and O–H groups in total. The Balaban J connectivity index is 1.68. The van der Waals surface area contributed by atoms with Gasteiger partial charge in [0.15, 0.2) is 11.6 Å². The summed E-state index contributed by atoms with van der Waals surface area (Å²) in [6.45, 7) is 2.71. The second-order valence-electron chi connectivity index (χ2n) is 6.10. The van der Waals surface area contributed by atoms with Crippen molar-refractivity contribution in [1.82, 2.24) is 15.1 Å². The second kappa shape index (κ2) is 6.30. The molecule has 0 radical (unpaired) electrons. The minimum atomic E-state index is -1.46. The fraction of sp³-hybridized carbons (Fsp3) is 0.438. The number of halogens is 2. The molecule has 0 spiro atoms. The predicted molar refractivity (Wildman–Crippen MR) is 81.5 cm³/mol. The Morgan fingerprint density at radius 2 is 1.96 bits per heavy atom. The van der Waals surface area contributed by atoms with Crippen molar-refractivity contribution in [2.45, 2.75) is 18.9 Å². The number of carbonyl (C=O) groups is 3. The first-order chi connectivity index (χ1) is 11.8. The molecule has 7 nitrogen and oxygen atoms in total. The number of ether oxygens (including phenoxy) is 1. The Bertz CT molecular complexity index is 742. The van der Waals surface area contributed by atoms with E-state index in [1.165, 1.54) is 17.9 Å². The maximum Gasteiger partial charge on any atom is 0.409 e. The van der Waals surface area contributed by atoms with Gasteiger partial charge in [-0.25, -0.2) is 18.4 Å². The largest absolute Gasteiger partial charge is 0.448 e. The van der Waals surface area contributed by atoms with E-state index in [-0.39, 0.29) is 12.1 Å². The lowest BCUT2D eigenvalue weighted by atomic mass is 9.92. The molecule has 0 bridgehead atoms. The highest BCUT2D eigenvalue weighted by Crippen LogP contribution is 2.29. The van der Waals surface area contributed by atoms with Gasteiger partial charge in [0.2, 0.25) is 0 Å². The van der Waals surface area contributed by atoms with Crippen LogP contribution in [0.4, 0.5) is 18.4 Å². The van der Waals surface area contributed by atoms with Crippen LogP contribution in [0.15, 0.2) is 18.2 Å². The van der Waals surface area contributed by atoms with Gasteiger partial charge >= 0.3 is 12.1 Å². The molecular weight excluding hydrogens is 336 g/mol. The fourth-order valence-corrected chi connectivity index (χ4v) is 2.95. The van der Waals surface area contributed by atoms with Gasteiger partial charge in [-0.1, -0.05) is 6.07 Å². The van der Waals surface area contributed by atoms with Crippen molar-refractivity contribution in [2.75, 3.05) is 26.2 Å². The van der Waals surface area contributed by atoms with Crippen molar-refractivity contribution in [3.63, 3.8) is 0 Å². The molecule has 0 saturated carbocycles. The normalized spacial score (nSPS) is 23.2. The Morgan fingerprint density at radius 3 is 2.60 bits per heavy atom. The number of benzene rings is 1. The summed E-state index contributed by atoms with van der Waals surface area (Å²) in [5.41, 5.74) is -1.30. The molecule has 1 atom stereocenters. The van der Waals surface area contributed by atoms with E-state index in [0.717, 1.165) is 17.0 Å². The zero-order chi connectivity index (χ0) is 18.2. The molecule has 134 valence electrons. The highest BCUT2D eigenvalue weighted by molar-refractivity contribution is 6.07. The van der Waals surface area contributed by atoms with E-state index < -0.39 is 35.2 Å². The molecule has 0 aromatic heterocycles. The van der Waals surface area contributed by atoms with E-state index in [4.69, 9.17) is 4.74 Å². The van der Waals surface area contributed by atoms with Crippen LogP contribution < -0.4 is 5.32 Å². The van der Waals surface area contributed by atoms with E-state index >= 15 is 0 Å². The number of imide groups is 1. The van der Waals surface area contributed by atoms with E-state index in [0.29, 0.717) is 26.1 Å². The summed E-state index contributed by atoms with van der Waals surface area (Å²) in [7, 11) is 0. The van der Waals surface area contributed by atoms with Gasteiger partial charge in [-0.15, -0.1) is 0 Å². The number of amides is 4. The van der Waals surface area contributed by atoms with Gasteiger partial charge in [0.25, 0.3) is 5.91 Å². The minimum Gasteiger partial charge on any atom is -0.448 e. The molecule has 25 heavy (non-hydrogen) atoms. The Labute approximate surface area is 142 Å². The first-order valence-corrected chi connectivity index (χ1v) is 7.84. The Morgan fingerprint density at radius 1 is 1.20 bits per heavy atom. The molecule has 0 aliphatic carbocycles. The molecule has 2 saturated heterocycles. The quantitative estimate of drug-likeness (QED) is 0.815. The van der Waals surface area contributed by atoms with Crippen LogP contribution >= 0.6 is 0 Å². The smallest absolute Gasteiger partial charge is 0.409 e. The van der Waals surface area contributed by atoms with Crippen LogP contribution in [0.1, 0.15) is 18.9 Å². The van der Waals surface area contributed by atoms with E-state index in [2.05, 4.69) is 5.32 Å². The van der Waals surface area contributed by atoms with Crippen molar-refractivity contribution < 1.29 is 27.9 Å². The van der Waals surface area contributed by atoms with E-state index in [1.54, 1.807) is 0 Å². The molecule has 1 aromatic carbocycles. The average molecular weight is 353 g/mol. The van der Waals surface area contributed by atoms with Gasteiger partial charge in [-0.2, -0.15) is 0 Å². The maximum atomic E-state index is 13.5. The summed E-state index contributed by atoms with van der Waals surface area (Å²) in [4.78, 5) is 38.6. The molecule has 0 unspecified atom stereocenters. The summed E-state index contributed by atoms with van der Waals surface area (Å²) < 4.78 is 31.4. The molecule has 2 aliphatic rings. The van der Waals surface area contributed by atoms with Crippen LogP contribution in [-0.2, 0) is 15.1 Å². The fourth-order valence-electron chi connectivity index (χ4n) is 2.95. The lowest BCUT2D eigenvalue weighted by Crippen LogP contribution is -2.41. The van der Waals surface area contributed by atoms with Crippen molar-refractivity contribution >= 4 is 18.0 Å². The number of hydrogen-bond acceptors (Lipinski definition) is 4.